The van der Waals surface area contributed by atoms with Gasteiger partial charge in [-0.15, -0.1) is 0 Å². The molecule has 0 spiro atoms. The predicted octanol–water partition coefficient (Wildman–Crippen LogP) is 2.44. The summed E-state index contributed by atoms with van der Waals surface area (Å²) >= 11 is 0. The van der Waals surface area contributed by atoms with Crippen molar-refractivity contribution in [2.24, 2.45) is 0 Å². The first-order valence-corrected chi connectivity index (χ1v) is 6.74. The first-order chi connectivity index (χ1) is 9.60. The number of unbranched alkanes of at least 4 members (excludes halogenated alkanes) is 1. The van der Waals surface area contributed by atoms with Crippen molar-refractivity contribution in [1.29, 1.82) is 0 Å². The van der Waals surface area contributed by atoms with E-state index in [4.69, 9.17) is 5.11 Å². The molecule has 0 aliphatic carbocycles. The van der Waals surface area contributed by atoms with E-state index in [2.05, 4.69) is 11.9 Å². The van der Waals surface area contributed by atoms with Crippen molar-refractivity contribution >= 4 is 18.0 Å². The Bertz CT molecular complexity index is 498. The zero-order valence-electron chi connectivity index (χ0n) is 11.9. The van der Waals surface area contributed by atoms with Gasteiger partial charge in [0.05, 0.1) is 0 Å². The third-order valence-electron chi connectivity index (χ3n) is 2.94. The molecule has 5 heteroatoms. The molecule has 5 nitrogen and oxygen atoms in total. The molecule has 1 amide bonds. The number of amides is 1. The number of pyridine rings is 1. The van der Waals surface area contributed by atoms with Crippen LogP contribution in [0.3, 0.4) is 0 Å². The molecule has 1 rings (SSSR count). The number of carbonyl (C=O) groups excluding carboxylic acids is 1. The second-order valence-corrected chi connectivity index (χ2v) is 4.37. The Morgan fingerprint density at radius 1 is 1.40 bits per heavy atom. The molecule has 0 atom stereocenters. The molecular formula is C15H20N2O3. The molecule has 0 saturated heterocycles. The van der Waals surface area contributed by atoms with Gasteiger partial charge >= 0.3 is 5.97 Å². The third-order valence-corrected chi connectivity index (χ3v) is 2.94. The van der Waals surface area contributed by atoms with E-state index >= 15 is 0 Å². The van der Waals surface area contributed by atoms with Crippen LogP contribution in [-0.4, -0.2) is 40.0 Å². The van der Waals surface area contributed by atoms with Gasteiger partial charge in [0, 0.05) is 42.7 Å². The van der Waals surface area contributed by atoms with E-state index in [1.54, 1.807) is 17.2 Å². The van der Waals surface area contributed by atoms with Crippen LogP contribution in [0.15, 0.2) is 24.5 Å². The maximum absolute atomic E-state index is 12.5. The van der Waals surface area contributed by atoms with Gasteiger partial charge in [-0.2, -0.15) is 0 Å². The van der Waals surface area contributed by atoms with Crippen molar-refractivity contribution in [3.63, 3.8) is 0 Å². The Morgan fingerprint density at radius 3 is 2.75 bits per heavy atom. The van der Waals surface area contributed by atoms with E-state index in [1.165, 1.54) is 12.3 Å². The number of hydrogen-bond donors (Lipinski definition) is 1. The normalized spacial score (nSPS) is 10.7. The fourth-order valence-electron chi connectivity index (χ4n) is 1.82. The topological polar surface area (TPSA) is 70.5 Å². The van der Waals surface area contributed by atoms with Crippen LogP contribution >= 0.6 is 0 Å². The summed E-state index contributed by atoms with van der Waals surface area (Å²) in [5.74, 6) is -1.14. The van der Waals surface area contributed by atoms with Crippen LogP contribution in [-0.2, 0) is 4.79 Å². The molecule has 0 bridgehead atoms. The lowest BCUT2D eigenvalue weighted by Crippen LogP contribution is -2.32. The van der Waals surface area contributed by atoms with Gasteiger partial charge in [-0.25, -0.2) is 4.79 Å². The number of aliphatic carboxylic acids is 1. The number of aromatic nitrogens is 1. The number of carbonyl (C=O) groups is 2. The molecule has 0 saturated carbocycles. The summed E-state index contributed by atoms with van der Waals surface area (Å²) in [7, 11) is 0. The van der Waals surface area contributed by atoms with Gasteiger partial charge in [0.25, 0.3) is 5.91 Å². The van der Waals surface area contributed by atoms with Gasteiger partial charge in [-0.3, -0.25) is 9.78 Å². The van der Waals surface area contributed by atoms with Gasteiger partial charge in [0.15, 0.2) is 0 Å². The highest BCUT2D eigenvalue weighted by Crippen LogP contribution is 2.13. The molecule has 0 radical (unpaired) electrons. The summed E-state index contributed by atoms with van der Waals surface area (Å²) in [5, 5.41) is 8.67. The van der Waals surface area contributed by atoms with Crippen molar-refractivity contribution in [2.75, 3.05) is 13.1 Å². The van der Waals surface area contributed by atoms with E-state index in [0.717, 1.165) is 18.9 Å². The summed E-state index contributed by atoms with van der Waals surface area (Å²) in [6.45, 7) is 5.34. The molecule has 1 N–H and O–H groups in total. The summed E-state index contributed by atoms with van der Waals surface area (Å²) in [5.41, 5.74) is 1.00. The van der Waals surface area contributed by atoms with Crippen molar-refractivity contribution in [3.05, 3.63) is 35.7 Å². The third kappa shape index (κ3) is 4.50. The maximum atomic E-state index is 12.5. The van der Waals surface area contributed by atoms with Crippen molar-refractivity contribution in [2.45, 2.75) is 26.7 Å². The molecule has 0 aromatic carbocycles. The van der Waals surface area contributed by atoms with Crippen LogP contribution in [0.1, 0.15) is 42.6 Å². The Hall–Kier alpha value is -2.17. The largest absolute Gasteiger partial charge is 0.478 e. The average molecular weight is 276 g/mol. The van der Waals surface area contributed by atoms with E-state index in [9.17, 15) is 9.59 Å². The van der Waals surface area contributed by atoms with Crippen LogP contribution in [0, 0.1) is 0 Å². The smallest absolute Gasteiger partial charge is 0.328 e. The fourth-order valence-corrected chi connectivity index (χ4v) is 1.82. The lowest BCUT2D eigenvalue weighted by atomic mass is 10.1. The average Bonchev–Trinajstić information content (AvgIpc) is 2.46. The van der Waals surface area contributed by atoms with Gasteiger partial charge in [-0.1, -0.05) is 13.3 Å². The van der Waals surface area contributed by atoms with E-state index in [0.29, 0.717) is 24.2 Å². The minimum atomic E-state index is -1.05. The maximum Gasteiger partial charge on any atom is 0.328 e. The van der Waals surface area contributed by atoms with Crippen LogP contribution < -0.4 is 0 Å². The number of carboxylic acid groups (broad SMARTS) is 1. The highest BCUT2D eigenvalue weighted by molar-refractivity contribution is 5.98. The monoisotopic (exact) mass is 276 g/mol. The lowest BCUT2D eigenvalue weighted by molar-refractivity contribution is -0.131. The molecule has 0 fully saturated rings. The summed E-state index contributed by atoms with van der Waals surface area (Å²) in [4.78, 5) is 28.7. The molecule has 0 aliphatic rings. The molecule has 0 aliphatic heterocycles. The predicted molar refractivity (Wildman–Crippen MR) is 77.4 cm³/mol. The van der Waals surface area contributed by atoms with Crippen LogP contribution in [0.2, 0.25) is 0 Å². The van der Waals surface area contributed by atoms with Gasteiger partial charge in [0.1, 0.15) is 0 Å². The molecule has 108 valence electrons. The lowest BCUT2D eigenvalue weighted by Gasteiger charge is -2.21. The molecule has 0 unspecified atom stereocenters. The Balaban J connectivity index is 2.99. The van der Waals surface area contributed by atoms with Gasteiger partial charge < -0.3 is 10.0 Å². The molecule has 20 heavy (non-hydrogen) atoms. The minimum Gasteiger partial charge on any atom is -0.478 e. The van der Waals surface area contributed by atoms with Crippen LogP contribution in [0.5, 0.6) is 0 Å². The number of hydrogen-bond acceptors (Lipinski definition) is 3. The Morgan fingerprint density at radius 2 is 2.15 bits per heavy atom. The van der Waals surface area contributed by atoms with E-state index in [1.807, 2.05) is 6.92 Å². The zero-order valence-corrected chi connectivity index (χ0v) is 11.9. The number of carboxylic acids is 1. The van der Waals surface area contributed by atoms with Crippen LogP contribution in [0.25, 0.3) is 6.08 Å². The second kappa shape index (κ2) is 8.09. The highest BCUT2D eigenvalue weighted by Gasteiger charge is 2.16. The molecule has 1 heterocycles. The minimum absolute atomic E-state index is 0.0895. The number of rotatable bonds is 7. The van der Waals surface area contributed by atoms with Crippen molar-refractivity contribution in [3.8, 4) is 0 Å². The first kappa shape index (κ1) is 15.9. The van der Waals surface area contributed by atoms with Gasteiger partial charge in [0.2, 0.25) is 0 Å². The summed E-state index contributed by atoms with van der Waals surface area (Å²) in [6.07, 6.45) is 7.42. The summed E-state index contributed by atoms with van der Waals surface area (Å²) in [6, 6.07) is 1.62. The first-order valence-electron chi connectivity index (χ1n) is 6.74. The van der Waals surface area contributed by atoms with Crippen LogP contribution in [0.4, 0.5) is 0 Å². The quantitative estimate of drug-likeness (QED) is 0.776. The standard InChI is InChI=1S/C15H20N2O3/c1-3-5-10-17(4-2)15(20)13-8-9-16-11-12(13)6-7-14(18)19/h6-9,11H,3-5,10H2,1-2H3,(H,18,19). The number of nitrogens with zero attached hydrogens (tertiary/aromatic N) is 2. The van der Waals surface area contributed by atoms with E-state index < -0.39 is 5.97 Å². The highest BCUT2D eigenvalue weighted by atomic mass is 16.4. The Labute approximate surface area is 118 Å². The molecule has 1 aromatic rings. The van der Waals surface area contributed by atoms with Crippen molar-refractivity contribution in [1.82, 2.24) is 9.88 Å². The fraction of sp³-hybridized carbons (Fsp3) is 0.400. The molecule has 1 aromatic heterocycles. The van der Waals surface area contributed by atoms with E-state index in [-0.39, 0.29) is 5.91 Å². The van der Waals surface area contributed by atoms with Crippen molar-refractivity contribution < 1.29 is 14.7 Å². The second-order valence-electron chi connectivity index (χ2n) is 4.37. The Kier molecular flexibility index (Phi) is 6.43. The SMILES string of the molecule is CCCCN(CC)C(=O)c1ccncc1C=CC(=O)O. The van der Waals surface area contributed by atoms with Gasteiger partial charge in [-0.05, 0) is 25.5 Å². The molecular weight excluding hydrogens is 256 g/mol. The zero-order chi connectivity index (χ0) is 15.0. The summed E-state index contributed by atoms with van der Waals surface area (Å²) < 4.78 is 0.